The van der Waals surface area contributed by atoms with Gasteiger partial charge in [0.2, 0.25) is 5.91 Å². The van der Waals surface area contributed by atoms with E-state index < -0.39 is 0 Å². The Balaban J connectivity index is 1.47. The van der Waals surface area contributed by atoms with E-state index in [1.807, 2.05) is 0 Å². The minimum absolute atomic E-state index is 0.0597. The van der Waals surface area contributed by atoms with Crippen LogP contribution in [0.15, 0.2) is 30.3 Å². The monoisotopic (exact) mass is 338 g/mol. The molecule has 5 fully saturated rings. The highest BCUT2D eigenvalue weighted by atomic mass is 16.2. The Hall–Kier alpha value is -1.35. The summed E-state index contributed by atoms with van der Waals surface area (Å²) in [7, 11) is 2.16. The van der Waals surface area contributed by atoms with Crippen molar-refractivity contribution in [3.05, 3.63) is 35.9 Å². The van der Waals surface area contributed by atoms with Crippen molar-refractivity contribution in [1.29, 1.82) is 0 Å². The van der Waals surface area contributed by atoms with E-state index in [1.54, 1.807) is 0 Å². The highest BCUT2D eigenvalue weighted by Crippen LogP contribution is 2.66. The smallest absolute Gasteiger partial charge is 0.228 e. The molecule has 6 rings (SSSR count). The zero-order valence-corrected chi connectivity index (χ0v) is 15.4. The molecular weight excluding hydrogens is 308 g/mol. The lowest BCUT2D eigenvalue weighted by Gasteiger charge is -2.62. The number of hydrogen-bond acceptors (Lipinski definition) is 2. The molecule has 2 unspecified atom stereocenters. The molecule has 5 aliphatic rings. The Morgan fingerprint density at radius 2 is 1.60 bits per heavy atom. The van der Waals surface area contributed by atoms with Crippen molar-refractivity contribution in [3.8, 4) is 0 Å². The van der Waals surface area contributed by atoms with E-state index in [0.717, 1.165) is 57.3 Å². The fourth-order valence-corrected chi connectivity index (χ4v) is 6.99. The highest BCUT2D eigenvalue weighted by molar-refractivity contribution is 5.84. The molecule has 1 aromatic carbocycles. The molecule has 3 nitrogen and oxygen atoms in total. The fraction of sp³-hybridized carbons (Fsp3) is 0.682. The third kappa shape index (κ3) is 2.46. The van der Waals surface area contributed by atoms with Gasteiger partial charge in [-0.25, -0.2) is 0 Å². The van der Waals surface area contributed by atoms with Crippen molar-refractivity contribution in [1.82, 2.24) is 9.80 Å². The molecule has 4 aliphatic carbocycles. The second kappa shape index (κ2) is 5.57. The van der Waals surface area contributed by atoms with Crippen LogP contribution < -0.4 is 0 Å². The number of hydrogen-bond donors (Lipinski definition) is 0. The van der Waals surface area contributed by atoms with Gasteiger partial charge in [0.1, 0.15) is 0 Å². The molecule has 4 saturated carbocycles. The van der Waals surface area contributed by atoms with Crippen LogP contribution in [-0.2, 0) is 10.2 Å². The molecule has 1 saturated heterocycles. The van der Waals surface area contributed by atoms with Crippen LogP contribution in [0.1, 0.15) is 44.1 Å². The van der Waals surface area contributed by atoms with Crippen molar-refractivity contribution in [2.24, 2.45) is 17.3 Å². The van der Waals surface area contributed by atoms with Gasteiger partial charge in [-0.15, -0.1) is 0 Å². The van der Waals surface area contributed by atoms with Crippen LogP contribution in [0, 0.1) is 17.3 Å². The molecule has 25 heavy (non-hydrogen) atoms. The molecule has 0 N–H and O–H groups in total. The minimum Gasteiger partial charge on any atom is -0.340 e. The van der Waals surface area contributed by atoms with Crippen LogP contribution >= 0.6 is 0 Å². The maximum absolute atomic E-state index is 13.6. The standard InChI is InChI=1S/C22H30N2O/c1-23-7-9-24(10-8-23)20(25)22-14-17-11-18(15-22)13-21(12-17,16-22)19-5-3-2-4-6-19/h2-6,17-18H,7-16H2,1H3/t17-,18+,21?,22?. The molecule has 0 radical (unpaired) electrons. The summed E-state index contributed by atoms with van der Waals surface area (Å²) in [5, 5.41) is 0. The lowest BCUT2D eigenvalue weighted by Crippen LogP contribution is -2.61. The lowest BCUT2D eigenvalue weighted by atomic mass is 9.42. The van der Waals surface area contributed by atoms with E-state index in [1.165, 1.54) is 24.8 Å². The van der Waals surface area contributed by atoms with E-state index in [4.69, 9.17) is 0 Å². The van der Waals surface area contributed by atoms with Crippen molar-refractivity contribution in [2.45, 2.75) is 43.9 Å². The Morgan fingerprint density at radius 1 is 0.960 bits per heavy atom. The fourth-order valence-electron chi connectivity index (χ4n) is 6.99. The first-order chi connectivity index (χ1) is 12.1. The lowest BCUT2D eigenvalue weighted by molar-refractivity contribution is -0.161. The van der Waals surface area contributed by atoms with Gasteiger partial charge in [-0.05, 0) is 68.4 Å². The summed E-state index contributed by atoms with van der Waals surface area (Å²) in [6.07, 6.45) is 7.40. The summed E-state index contributed by atoms with van der Waals surface area (Å²) in [5.74, 6) is 2.02. The summed E-state index contributed by atoms with van der Waals surface area (Å²) in [5.41, 5.74) is 1.71. The Morgan fingerprint density at radius 3 is 2.24 bits per heavy atom. The van der Waals surface area contributed by atoms with Crippen LogP contribution in [0.25, 0.3) is 0 Å². The predicted octanol–water partition coefficient (Wildman–Crippen LogP) is 3.30. The van der Waals surface area contributed by atoms with E-state index in [0.29, 0.717) is 5.91 Å². The van der Waals surface area contributed by atoms with E-state index >= 15 is 0 Å². The van der Waals surface area contributed by atoms with Crippen LogP contribution in [0.5, 0.6) is 0 Å². The Bertz CT molecular complexity index is 648. The second-order valence-corrected chi connectivity index (χ2v) is 9.48. The molecule has 0 aromatic heterocycles. The zero-order chi connectivity index (χ0) is 17.1. The molecule has 1 aromatic rings. The number of likely N-dealkylation sites (N-methyl/N-ethyl adjacent to an activating group) is 1. The molecule has 3 heteroatoms. The van der Waals surface area contributed by atoms with Gasteiger partial charge in [-0.2, -0.15) is 0 Å². The minimum atomic E-state index is -0.0597. The number of nitrogens with zero attached hydrogens (tertiary/aromatic N) is 2. The van der Waals surface area contributed by atoms with E-state index in [2.05, 4.69) is 47.2 Å². The topological polar surface area (TPSA) is 23.6 Å². The van der Waals surface area contributed by atoms with Gasteiger partial charge in [-0.1, -0.05) is 30.3 Å². The van der Waals surface area contributed by atoms with Gasteiger partial charge in [0.15, 0.2) is 0 Å². The van der Waals surface area contributed by atoms with Crippen molar-refractivity contribution in [3.63, 3.8) is 0 Å². The third-order valence-electron chi connectivity index (χ3n) is 7.69. The zero-order valence-electron chi connectivity index (χ0n) is 15.4. The number of piperazine rings is 1. The normalized spacial score (nSPS) is 40.4. The molecule has 4 atom stereocenters. The number of rotatable bonds is 2. The predicted molar refractivity (Wildman–Crippen MR) is 99.3 cm³/mol. The highest BCUT2D eigenvalue weighted by Gasteiger charge is 2.61. The van der Waals surface area contributed by atoms with Gasteiger partial charge in [0.05, 0.1) is 5.41 Å². The second-order valence-electron chi connectivity index (χ2n) is 9.48. The van der Waals surface area contributed by atoms with Gasteiger partial charge >= 0.3 is 0 Å². The number of carbonyl (C=O) groups is 1. The van der Waals surface area contributed by atoms with E-state index in [-0.39, 0.29) is 10.8 Å². The number of amides is 1. The number of carbonyl (C=O) groups excluding carboxylic acids is 1. The molecular formula is C22H30N2O. The summed E-state index contributed by atoms with van der Waals surface area (Å²) in [4.78, 5) is 18.2. The molecule has 1 heterocycles. The number of benzene rings is 1. The van der Waals surface area contributed by atoms with Crippen LogP contribution in [0.3, 0.4) is 0 Å². The summed E-state index contributed by atoms with van der Waals surface area (Å²) < 4.78 is 0. The third-order valence-corrected chi connectivity index (χ3v) is 7.69. The van der Waals surface area contributed by atoms with Gasteiger partial charge < -0.3 is 9.80 Å². The summed E-state index contributed by atoms with van der Waals surface area (Å²) in [6.45, 7) is 3.90. The molecule has 4 bridgehead atoms. The molecule has 1 amide bonds. The molecule has 1 aliphatic heterocycles. The van der Waals surface area contributed by atoms with Crippen molar-refractivity contribution >= 4 is 5.91 Å². The summed E-state index contributed by atoms with van der Waals surface area (Å²) >= 11 is 0. The maximum Gasteiger partial charge on any atom is 0.228 e. The Kier molecular flexibility index (Phi) is 3.54. The Labute approximate surface area is 151 Å². The van der Waals surface area contributed by atoms with Gasteiger partial charge in [0, 0.05) is 26.2 Å². The average molecular weight is 338 g/mol. The quantitative estimate of drug-likeness (QED) is 0.826. The average Bonchev–Trinajstić information content (AvgIpc) is 2.61. The van der Waals surface area contributed by atoms with Crippen LogP contribution in [0.4, 0.5) is 0 Å². The van der Waals surface area contributed by atoms with Gasteiger partial charge in [0.25, 0.3) is 0 Å². The molecule has 0 spiro atoms. The SMILES string of the molecule is CN1CCN(C(=O)C23C[C@H]4C[C@@H](C2)CC(c2ccccc2)(C4)C3)CC1. The van der Waals surface area contributed by atoms with E-state index in [9.17, 15) is 4.79 Å². The van der Waals surface area contributed by atoms with Crippen molar-refractivity contribution < 1.29 is 4.79 Å². The summed E-state index contributed by atoms with van der Waals surface area (Å²) in [6, 6.07) is 11.1. The largest absolute Gasteiger partial charge is 0.340 e. The first kappa shape index (κ1) is 15.9. The van der Waals surface area contributed by atoms with Crippen molar-refractivity contribution in [2.75, 3.05) is 33.2 Å². The van der Waals surface area contributed by atoms with Gasteiger partial charge in [-0.3, -0.25) is 4.79 Å². The maximum atomic E-state index is 13.6. The van der Waals surface area contributed by atoms with Crippen LogP contribution in [0.2, 0.25) is 0 Å². The first-order valence-electron chi connectivity index (χ1n) is 10.1. The first-order valence-corrected chi connectivity index (χ1v) is 10.1. The molecule has 134 valence electrons. The van der Waals surface area contributed by atoms with Crippen LogP contribution in [-0.4, -0.2) is 48.9 Å².